The number of benzene rings is 1. The second-order valence-electron chi connectivity index (χ2n) is 6.89. The average Bonchev–Trinajstić information content (AvgIpc) is 2.56. The summed E-state index contributed by atoms with van der Waals surface area (Å²) in [5.74, 6) is 0.0864. The van der Waals surface area contributed by atoms with Gasteiger partial charge in [0.15, 0.2) is 0 Å². The normalized spacial score (nSPS) is 20.5. The molecule has 2 aliphatic heterocycles. The molecule has 3 rings (SSSR count). The highest BCUT2D eigenvalue weighted by Gasteiger charge is 2.22. The van der Waals surface area contributed by atoms with Gasteiger partial charge in [-0.05, 0) is 37.1 Å². The molecule has 0 aliphatic carbocycles. The van der Waals surface area contributed by atoms with Gasteiger partial charge in [0.25, 0.3) is 0 Å². The van der Waals surface area contributed by atoms with Crippen LogP contribution in [0.3, 0.4) is 0 Å². The fourth-order valence-corrected chi connectivity index (χ4v) is 3.60. The Morgan fingerprint density at radius 3 is 2.04 bits per heavy atom. The number of nitrogens with zero attached hydrogens (tertiary/aromatic N) is 3. The van der Waals surface area contributed by atoms with E-state index in [2.05, 4.69) is 14.7 Å². The van der Waals surface area contributed by atoms with Crippen LogP contribution >= 0.6 is 0 Å². The fraction of sp³-hybridized carbons (Fsp3) is 0.632. The lowest BCUT2D eigenvalue weighted by Gasteiger charge is -2.36. The Labute approximate surface area is 144 Å². The van der Waals surface area contributed by atoms with E-state index in [9.17, 15) is 9.18 Å². The van der Waals surface area contributed by atoms with E-state index < -0.39 is 0 Å². The van der Waals surface area contributed by atoms with Crippen LogP contribution in [0.4, 0.5) is 10.1 Å². The first-order valence-corrected chi connectivity index (χ1v) is 9.23. The monoisotopic (exact) mass is 333 g/mol. The van der Waals surface area contributed by atoms with Crippen molar-refractivity contribution in [3.63, 3.8) is 0 Å². The lowest BCUT2D eigenvalue weighted by Crippen LogP contribution is -2.50. The fourth-order valence-electron chi connectivity index (χ4n) is 3.60. The Morgan fingerprint density at radius 2 is 1.42 bits per heavy atom. The Balaban J connectivity index is 1.46. The minimum Gasteiger partial charge on any atom is -0.369 e. The van der Waals surface area contributed by atoms with Gasteiger partial charge in [0.2, 0.25) is 5.91 Å². The van der Waals surface area contributed by atoms with E-state index in [4.69, 9.17) is 0 Å². The number of rotatable bonds is 3. The van der Waals surface area contributed by atoms with E-state index in [0.29, 0.717) is 6.54 Å². The van der Waals surface area contributed by atoms with Crippen molar-refractivity contribution < 1.29 is 9.18 Å². The molecule has 1 aromatic carbocycles. The van der Waals surface area contributed by atoms with Crippen molar-refractivity contribution in [3.8, 4) is 0 Å². The van der Waals surface area contributed by atoms with Crippen LogP contribution in [0.2, 0.25) is 0 Å². The van der Waals surface area contributed by atoms with Crippen molar-refractivity contribution in [1.29, 1.82) is 0 Å². The highest BCUT2D eigenvalue weighted by molar-refractivity contribution is 5.78. The zero-order chi connectivity index (χ0) is 16.8. The molecule has 0 unspecified atom stereocenters. The minimum atomic E-state index is -0.198. The van der Waals surface area contributed by atoms with E-state index >= 15 is 0 Å². The number of amides is 1. The molecule has 4 nitrogen and oxygen atoms in total. The molecule has 5 heteroatoms. The lowest BCUT2D eigenvalue weighted by molar-refractivity contribution is -0.132. The van der Waals surface area contributed by atoms with Gasteiger partial charge in [-0.3, -0.25) is 9.69 Å². The largest absolute Gasteiger partial charge is 0.369 e. The van der Waals surface area contributed by atoms with Crippen LogP contribution in [-0.4, -0.2) is 61.5 Å². The van der Waals surface area contributed by atoms with Crippen LogP contribution in [0.5, 0.6) is 0 Å². The minimum absolute atomic E-state index is 0.198. The first-order valence-electron chi connectivity index (χ1n) is 9.23. The Hall–Kier alpha value is -1.62. The Kier molecular flexibility index (Phi) is 6.07. The van der Waals surface area contributed by atoms with Gasteiger partial charge in [0.1, 0.15) is 5.82 Å². The molecule has 2 fully saturated rings. The predicted molar refractivity (Wildman–Crippen MR) is 94.7 cm³/mol. The third-order valence-corrected chi connectivity index (χ3v) is 5.13. The maximum Gasteiger partial charge on any atom is 0.236 e. The molecule has 0 aromatic heterocycles. The number of carbonyl (C=O) groups is 1. The highest BCUT2D eigenvalue weighted by atomic mass is 19.1. The predicted octanol–water partition coefficient (Wildman–Crippen LogP) is 2.74. The average molecular weight is 333 g/mol. The molecule has 1 aromatic rings. The van der Waals surface area contributed by atoms with Gasteiger partial charge in [-0.15, -0.1) is 0 Å². The smallest absolute Gasteiger partial charge is 0.236 e. The van der Waals surface area contributed by atoms with Gasteiger partial charge in [-0.1, -0.05) is 19.3 Å². The number of likely N-dealkylation sites (tertiary alicyclic amines) is 1. The summed E-state index contributed by atoms with van der Waals surface area (Å²) >= 11 is 0. The summed E-state index contributed by atoms with van der Waals surface area (Å²) in [5.41, 5.74) is 1.06. The molecule has 1 amide bonds. The third-order valence-electron chi connectivity index (χ3n) is 5.13. The summed E-state index contributed by atoms with van der Waals surface area (Å²) in [7, 11) is 0. The first-order chi connectivity index (χ1) is 11.7. The number of piperazine rings is 1. The molecule has 2 saturated heterocycles. The molecule has 0 spiro atoms. The van der Waals surface area contributed by atoms with Gasteiger partial charge in [0.05, 0.1) is 6.54 Å². The van der Waals surface area contributed by atoms with Crippen molar-refractivity contribution in [3.05, 3.63) is 30.1 Å². The summed E-state index contributed by atoms with van der Waals surface area (Å²) in [6, 6.07) is 6.67. The quantitative estimate of drug-likeness (QED) is 0.851. The zero-order valence-corrected chi connectivity index (χ0v) is 14.4. The highest BCUT2D eigenvalue weighted by Crippen LogP contribution is 2.17. The van der Waals surface area contributed by atoms with Crippen LogP contribution in [0.15, 0.2) is 24.3 Å². The van der Waals surface area contributed by atoms with Gasteiger partial charge in [0, 0.05) is 45.0 Å². The number of anilines is 1. The van der Waals surface area contributed by atoms with E-state index in [-0.39, 0.29) is 11.7 Å². The lowest BCUT2D eigenvalue weighted by atomic mass is 10.1. The van der Waals surface area contributed by atoms with Gasteiger partial charge >= 0.3 is 0 Å². The molecule has 0 radical (unpaired) electrons. The summed E-state index contributed by atoms with van der Waals surface area (Å²) < 4.78 is 13.0. The molecular formula is C19H28FN3O. The van der Waals surface area contributed by atoms with E-state index in [0.717, 1.165) is 57.8 Å². The summed E-state index contributed by atoms with van der Waals surface area (Å²) in [6.07, 6.45) is 6.10. The standard InChI is InChI=1S/C19H28FN3O/c20-17-6-8-18(9-7-17)22-14-12-21(13-15-22)16-19(24)23-10-4-2-1-3-5-11-23/h6-9H,1-5,10-16H2. The Morgan fingerprint density at radius 1 is 0.833 bits per heavy atom. The van der Waals surface area contributed by atoms with E-state index in [1.165, 1.54) is 31.4 Å². The molecule has 132 valence electrons. The number of hydrogen-bond acceptors (Lipinski definition) is 3. The van der Waals surface area contributed by atoms with Crippen LogP contribution in [-0.2, 0) is 4.79 Å². The molecule has 0 N–H and O–H groups in total. The van der Waals surface area contributed by atoms with Crippen LogP contribution in [0, 0.1) is 5.82 Å². The second kappa shape index (κ2) is 8.47. The SMILES string of the molecule is O=C(CN1CCN(c2ccc(F)cc2)CC1)N1CCCCCCC1. The maximum atomic E-state index is 13.0. The third kappa shape index (κ3) is 4.69. The van der Waals surface area contributed by atoms with Crippen LogP contribution in [0.25, 0.3) is 0 Å². The summed E-state index contributed by atoms with van der Waals surface area (Å²) in [4.78, 5) is 19.1. The zero-order valence-electron chi connectivity index (χ0n) is 14.4. The van der Waals surface area contributed by atoms with E-state index in [1.807, 2.05) is 12.1 Å². The molecule has 0 saturated carbocycles. The van der Waals surface area contributed by atoms with Crippen molar-refractivity contribution >= 4 is 11.6 Å². The van der Waals surface area contributed by atoms with Crippen molar-refractivity contribution in [2.45, 2.75) is 32.1 Å². The number of hydrogen-bond donors (Lipinski definition) is 0. The molecular weight excluding hydrogens is 305 g/mol. The van der Waals surface area contributed by atoms with E-state index in [1.54, 1.807) is 0 Å². The second-order valence-corrected chi connectivity index (χ2v) is 6.89. The molecule has 2 aliphatic rings. The molecule has 24 heavy (non-hydrogen) atoms. The van der Waals surface area contributed by atoms with Crippen LogP contribution in [0.1, 0.15) is 32.1 Å². The molecule has 2 heterocycles. The van der Waals surface area contributed by atoms with Crippen molar-refractivity contribution in [1.82, 2.24) is 9.80 Å². The van der Waals surface area contributed by atoms with Gasteiger partial charge in [-0.25, -0.2) is 4.39 Å². The van der Waals surface area contributed by atoms with Gasteiger partial charge in [-0.2, -0.15) is 0 Å². The molecule has 0 atom stereocenters. The molecule has 0 bridgehead atoms. The number of carbonyl (C=O) groups excluding carboxylic acids is 1. The van der Waals surface area contributed by atoms with Crippen LogP contribution < -0.4 is 4.90 Å². The Bertz CT molecular complexity index is 518. The van der Waals surface area contributed by atoms with Crippen molar-refractivity contribution in [2.24, 2.45) is 0 Å². The van der Waals surface area contributed by atoms with Gasteiger partial charge < -0.3 is 9.80 Å². The first kappa shape index (κ1) is 17.2. The summed E-state index contributed by atoms with van der Waals surface area (Å²) in [6.45, 7) is 5.94. The topological polar surface area (TPSA) is 26.8 Å². The number of halogens is 1. The summed E-state index contributed by atoms with van der Waals surface area (Å²) in [5, 5.41) is 0. The maximum absolute atomic E-state index is 13.0. The van der Waals surface area contributed by atoms with Crippen molar-refractivity contribution in [2.75, 3.05) is 50.7 Å².